The van der Waals surface area contributed by atoms with Gasteiger partial charge in [0.05, 0.1) is 12.1 Å². The van der Waals surface area contributed by atoms with Crippen molar-refractivity contribution in [1.29, 1.82) is 0 Å². The quantitative estimate of drug-likeness (QED) is 0.882. The highest BCUT2D eigenvalue weighted by atomic mass is 16.5. The molecular formula is C13H22N4O2. The minimum absolute atomic E-state index is 0.0591. The van der Waals surface area contributed by atoms with Gasteiger partial charge in [0.25, 0.3) is 0 Å². The summed E-state index contributed by atoms with van der Waals surface area (Å²) in [5.41, 5.74) is -0.162. The van der Waals surface area contributed by atoms with Gasteiger partial charge in [0.1, 0.15) is 6.10 Å². The minimum atomic E-state index is -0.162. The Balaban J connectivity index is 1.74. The van der Waals surface area contributed by atoms with Crippen LogP contribution < -0.4 is 5.32 Å². The van der Waals surface area contributed by atoms with Crippen molar-refractivity contribution < 1.29 is 9.26 Å². The molecule has 0 spiro atoms. The Morgan fingerprint density at radius 1 is 1.53 bits per heavy atom. The molecule has 1 N–H and O–H groups in total. The number of rotatable bonds is 3. The second-order valence-electron chi connectivity index (χ2n) is 5.57. The molecule has 2 atom stereocenters. The summed E-state index contributed by atoms with van der Waals surface area (Å²) in [6.07, 6.45) is 2.13. The van der Waals surface area contributed by atoms with Gasteiger partial charge in [0.15, 0.2) is 0 Å². The minimum Gasteiger partial charge on any atom is -0.367 e. The van der Waals surface area contributed by atoms with E-state index in [1.807, 2.05) is 0 Å². The van der Waals surface area contributed by atoms with Gasteiger partial charge < -0.3 is 14.6 Å². The van der Waals surface area contributed by atoms with E-state index in [0.717, 1.165) is 45.6 Å². The summed E-state index contributed by atoms with van der Waals surface area (Å²) in [7, 11) is 0. The highest BCUT2D eigenvalue weighted by Gasteiger charge is 2.37. The third-order valence-corrected chi connectivity index (χ3v) is 4.17. The maximum Gasteiger partial charge on any atom is 0.246 e. The van der Waals surface area contributed by atoms with Gasteiger partial charge in [0, 0.05) is 13.1 Å². The molecule has 0 aromatic carbocycles. The lowest BCUT2D eigenvalue weighted by molar-refractivity contribution is -0.0334. The van der Waals surface area contributed by atoms with Gasteiger partial charge in [-0.05, 0) is 32.9 Å². The van der Waals surface area contributed by atoms with Crippen LogP contribution in [0, 0.1) is 0 Å². The van der Waals surface area contributed by atoms with Crippen molar-refractivity contribution in [3.05, 3.63) is 11.7 Å². The Hall–Kier alpha value is -0.980. The Morgan fingerprint density at radius 2 is 2.42 bits per heavy atom. The lowest BCUT2D eigenvalue weighted by atomic mass is 10.0. The molecule has 0 radical (unpaired) electrons. The normalized spacial score (nSPS) is 32.8. The smallest absolute Gasteiger partial charge is 0.246 e. The van der Waals surface area contributed by atoms with Crippen LogP contribution in [0.4, 0.5) is 0 Å². The molecule has 2 saturated heterocycles. The fourth-order valence-electron chi connectivity index (χ4n) is 2.81. The van der Waals surface area contributed by atoms with E-state index in [-0.39, 0.29) is 11.6 Å². The second kappa shape index (κ2) is 5.19. The predicted octanol–water partition coefficient (Wildman–Crippen LogP) is 1.06. The van der Waals surface area contributed by atoms with E-state index < -0.39 is 0 Å². The first-order valence-electron chi connectivity index (χ1n) is 7.14. The van der Waals surface area contributed by atoms with E-state index in [9.17, 15) is 0 Å². The van der Waals surface area contributed by atoms with Crippen molar-refractivity contribution in [3.63, 3.8) is 0 Å². The van der Waals surface area contributed by atoms with Crippen molar-refractivity contribution in [2.75, 3.05) is 32.8 Å². The fraction of sp³-hybridized carbons (Fsp3) is 0.846. The molecule has 0 aliphatic carbocycles. The van der Waals surface area contributed by atoms with Crippen LogP contribution in [0.25, 0.3) is 0 Å². The van der Waals surface area contributed by atoms with Crippen molar-refractivity contribution in [2.45, 2.75) is 38.3 Å². The van der Waals surface area contributed by atoms with Crippen LogP contribution in [-0.2, 0) is 10.3 Å². The Morgan fingerprint density at radius 3 is 3.16 bits per heavy atom. The van der Waals surface area contributed by atoms with Gasteiger partial charge in [-0.15, -0.1) is 0 Å². The van der Waals surface area contributed by atoms with Crippen LogP contribution in [0.3, 0.4) is 0 Å². The molecule has 2 aliphatic rings. The molecule has 2 unspecified atom stereocenters. The van der Waals surface area contributed by atoms with E-state index in [2.05, 4.69) is 34.2 Å². The first-order chi connectivity index (χ1) is 9.21. The molecule has 1 aromatic rings. The summed E-state index contributed by atoms with van der Waals surface area (Å²) in [5, 5.41) is 7.56. The lowest BCUT2D eigenvalue weighted by Gasteiger charge is -2.30. The highest BCUT2D eigenvalue weighted by Crippen LogP contribution is 2.30. The summed E-state index contributed by atoms with van der Waals surface area (Å²) < 4.78 is 11.2. The molecule has 3 rings (SSSR count). The number of hydrogen-bond acceptors (Lipinski definition) is 6. The molecule has 0 amide bonds. The Labute approximate surface area is 113 Å². The van der Waals surface area contributed by atoms with Gasteiger partial charge in [-0.25, -0.2) is 0 Å². The third kappa shape index (κ3) is 2.52. The van der Waals surface area contributed by atoms with Gasteiger partial charge in [0.2, 0.25) is 11.7 Å². The molecule has 19 heavy (non-hydrogen) atoms. The maximum atomic E-state index is 5.76. The summed E-state index contributed by atoms with van der Waals surface area (Å²) >= 11 is 0. The summed E-state index contributed by atoms with van der Waals surface area (Å²) in [4.78, 5) is 6.91. The zero-order chi connectivity index (χ0) is 13.3. The molecule has 3 heterocycles. The average Bonchev–Trinajstić information content (AvgIpc) is 3.08. The summed E-state index contributed by atoms with van der Waals surface area (Å²) in [5.74, 6) is 1.38. The van der Waals surface area contributed by atoms with Crippen LogP contribution in [-0.4, -0.2) is 47.8 Å². The van der Waals surface area contributed by atoms with Crippen molar-refractivity contribution in [1.82, 2.24) is 20.4 Å². The van der Waals surface area contributed by atoms with Crippen LogP contribution >= 0.6 is 0 Å². The zero-order valence-electron chi connectivity index (χ0n) is 11.7. The second-order valence-corrected chi connectivity index (χ2v) is 5.57. The first-order valence-corrected chi connectivity index (χ1v) is 7.14. The van der Waals surface area contributed by atoms with E-state index in [4.69, 9.17) is 9.26 Å². The van der Waals surface area contributed by atoms with Crippen molar-refractivity contribution in [3.8, 4) is 0 Å². The van der Waals surface area contributed by atoms with Crippen molar-refractivity contribution in [2.24, 2.45) is 0 Å². The van der Waals surface area contributed by atoms with Gasteiger partial charge in [-0.2, -0.15) is 4.98 Å². The zero-order valence-corrected chi connectivity index (χ0v) is 11.7. The maximum absolute atomic E-state index is 5.76. The van der Waals surface area contributed by atoms with E-state index in [0.29, 0.717) is 11.7 Å². The SMILES string of the molecule is CCN1CCOC(c2noc(C3(C)CCCN3)n2)C1. The molecule has 106 valence electrons. The molecule has 0 bridgehead atoms. The molecule has 0 saturated carbocycles. The van der Waals surface area contributed by atoms with Gasteiger partial charge >= 0.3 is 0 Å². The molecule has 2 fully saturated rings. The molecule has 6 heteroatoms. The Kier molecular flexibility index (Phi) is 3.56. The molecular weight excluding hydrogens is 244 g/mol. The van der Waals surface area contributed by atoms with Crippen LogP contribution in [0.2, 0.25) is 0 Å². The van der Waals surface area contributed by atoms with E-state index >= 15 is 0 Å². The third-order valence-electron chi connectivity index (χ3n) is 4.17. The van der Waals surface area contributed by atoms with Crippen molar-refractivity contribution >= 4 is 0 Å². The lowest BCUT2D eigenvalue weighted by Crippen LogP contribution is -2.38. The summed E-state index contributed by atoms with van der Waals surface area (Å²) in [6.45, 7) is 8.89. The molecule has 6 nitrogen and oxygen atoms in total. The largest absolute Gasteiger partial charge is 0.367 e. The van der Waals surface area contributed by atoms with E-state index in [1.54, 1.807) is 0 Å². The first kappa shape index (κ1) is 13.0. The predicted molar refractivity (Wildman–Crippen MR) is 69.7 cm³/mol. The van der Waals surface area contributed by atoms with Crippen LogP contribution in [0.15, 0.2) is 4.52 Å². The number of ether oxygens (including phenoxy) is 1. The standard InChI is InChI=1S/C13H22N4O2/c1-3-17-7-8-18-10(9-17)11-15-12(19-16-11)13(2)5-4-6-14-13/h10,14H,3-9H2,1-2H3. The molecule has 1 aromatic heterocycles. The van der Waals surface area contributed by atoms with Gasteiger partial charge in [-0.1, -0.05) is 12.1 Å². The average molecular weight is 266 g/mol. The van der Waals surface area contributed by atoms with Crippen LogP contribution in [0.1, 0.15) is 44.5 Å². The number of nitrogens with one attached hydrogen (secondary N) is 1. The number of aromatic nitrogens is 2. The number of likely N-dealkylation sites (N-methyl/N-ethyl adjacent to an activating group) is 1. The van der Waals surface area contributed by atoms with E-state index in [1.165, 1.54) is 0 Å². The number of hydrogen-bond donors (Lipinski definition) is 1. The summed E-state index contributed by atoms with van der Waals surface area (Å²) in [6, 6.07) is 0. The van der Waals surface area contributed by atoms with Gasteiger partial charge in [-0.3, -0.25) is 4.90 Å². The van der Waals surface area contributed by atoms with Crippen LogP contribution in [0.5, 0.6) is 0 Å². The fourth-order valence-corrected chi connectivity index (χ4v) is 2.81. The topological polar surface area (TPSA) is 63.4 Å². The molecule has 2 aliphatic heterocycles. The number of nitrogens with zero attached hydrogens (tertiary/aromatic N) is 3. The Bertz CT molecular complexity index is 428. The highest BCUT2D eigenvalue weighted by molar-refractivity contribution is 5.06. The number of morpholine rings is 1. The monoisotopic (exact) mass is 266 g/mol.